The Kier molecular flexibility index (Phi) is 30.9. The van der Waals surface area contributed by atoms with E-state index in [4.69, 9.17) is 18.5 Å². The van der Waals surface area contributed by atoms with E-state index in [1.165, 1.54) is 83.5 Å². The third-order valence-corrected chi connectivity index (χ3v) is 9.28. The van der Waals surface area contributed by atoms with Gasteiger partial charge in [-0.1, -0.05) is 129 Å². The molecule has 1 N–H and O–H groups in total. The van der Waals surface area contributed by atoms with Crippen molar-refractivity contribution in [3.8, 4) is 0 Å². The first-order valence-corrected chi connectivity index (χ1v) is 20.9. The number of phosphoric acid groups is 1. The van der Waals surface area contributed by atoms with Crippen LogP contribution in [0.1, 0.15) is 168 Å². The lowest BCUT2D eigenvalue weighted by molar-refractivity contribution is -0.870. The van der Waals surface area contributed by atoms with Crippen molar-refractivity contribution < 1.29 is 42.1 Å². The number of carbonyl (C=O) groups excluding carboxylic acids is 2. The van der Waals surface area contributed by atoms with Crippen molar-refractivity contribution in [2.75, 3.05) is 47.5 Å². The molecule has 0 amide bonds. The van der Waals surface area contributed by atoms with E-state index in [1.807, 2.05) is 21.1 Å². The SMILES string of the molecule is CCCCC/C=C/CCCCCCCC(=O)O[C@H](COC(=O)CCCCCCCCCCCCCC)COP(=O)(O)OCC[N+](C)(C)C. The van der Waals surface area contributed by atoms with Gasteiger partial charge in [0.15, 0.2) is 6.10 Å². The molecular weight excluding hydrogens is 629 g/mol. The average molecular weight is 705 g/mol. The number of nitrogens with zero attached hydrogens (tertiary/aromatic N) is 1. The molecule has 1 unspecified atom stereocenters. The summed E-state index contributed by atoms with van der Waals surface area (Å²) in [5.41, 5.74) is 0. The Balaban J connectivity index is 4.44. The van der Waals surface area contributed by atoms with Crippen LogP contribution in [-0.2, 0) is 32.7 Å². The van der Waals surface area contributed by atoms with Crippen LogP contribution in [0.15, 0.2) is 12.2 Å². The molecule has 284 valence electrons. The number of hydrogen-bond donors (Lipinski definition) is 1. The second-order valence-corrected chi connectivity index (χ2v) is 15.8. The highest BCUT2D eigenvalue weighted by atomic mass is 31.2. The smallest absolute Gasteiger partial charge is 0.462 e. The van der Waals surface area contributed by atoms with Crippen LogP contribution >= 0.6 is 7.82 Å². The minimum atomic E-state index is -4.36. The number of unbranched alkanes of at least 4 members (excludes halogenated alkanes) is 19. The van der Waals surface area contributed by atoms with Gasteiger partial charge in [0, 0.05) is 12.8 Å². The van der Waals surface area contributed by atoms with Crippen molar-refractivity contribution in [3.63, 3.8) is 0 Å². The van der Waals surface area contributed by atoms with Crippen molar-refractivity contribution in [1.82, 2.24) is 0 Å². The molecule has 0 saturated carbocycles. The van der Waals surface area contributed by atoms with Gasteiger partial charge < -0.3 is 18.9 Å². The zero-order chi connectivity index (χ0) is 35.8. The van der Waals surface area contributed by atoms with Crippen molar-refractivity contribution in [1.29, 1.82) is 0 Å². The molecule has 0 bridgehead atoms. The highest BCUT2D eigenvalue weighted by Gasteiger charge is 2.27. The van der Waals surface area contributed by atoms with E-state index in [9.17, 15) is 19.0 Å². The summed E-state index contributed by atoms with van der Waals surface area (Å²) in [4.78, 5) is 35.1. The van der Waals surface area contributed by atoms with Gasteiger partial charge in [-0.25, -0.2) is 4.57 Å². The monoisotopic (exact) mass is 705 g/mol. The molecule has 0 spiro atoms. The van der Waals surface area contributed by atoms with E-state index in [0.717, 1.165) is 51.4 Å². The predicted octanol–water partition coefficient (Wildman–Crippen LogP) is 10.2. The van der Waals surface area contributed by atoms with Crippen LogP contribution in [-0.4, -0.2) is 74.9 Å². The number of hydrogen-bond acceptors (Lipinski definition) is 7. The quantitative estimate of drug-likeness (QED) is 0.0228. The summed E-state index contributed by atoms with van der Waals surface area (Å²) in [6, 6.07) is 0. The maximum Gasteiger partial charge on any atom is 0.472 e. The number of quaternary nitrogens is 1. The zero-order valence-corrected chi connectivity index (χ0v) is 32.6. The largest absolute Gasteiger partial charge is 0.472 e. The van der Waals surface area contributed by atoms with Gasteiger partial charge >= 0.3 is 19.8 Å². The number of likely N-dealkylation sites (N-methyl/N-ethyl adjacent to an activating group) is 1. The summed E-state index contributed by atoms with van der Waals surface area (Å²) < 4.78 is 34.1. The van der Waals surface area contributed by atoms with Crippen LogP contribution in [0.25, 0.3) is 0 Å². The van der Waals surface area contributed by atoms with Crippen LogP contribution in [0.4, 0.5) is 0 Å². The van der Waals surface area contributed by atoms with Gasteiger partial charge in [-0.15, -0.1) is 0 Å². The van der Waals surface area contributed by atoms with E-state index >= 15 is 0 Å². The Bertz CT molecular complexity index is 845. The normalized spacial score (nSPS) is 13.9. The molecule has 0 aromatic heterocycles. The molecule has 0 aromatic rings. The van der Waals surface area contributed by atoms with Gasteiger partial charge in [-0.05, 0) is 38.5 Å². The molecular formula is C38H75NO8P+. The molecule has 2 atom stereocenters. The van der Waals surface area contributed by atoms with Gasteiger partial charge in [-0.3, -0.25) is 18.6 Å². The minimum absolute atomic E-state index is 0.0327. The second kappa shape index (κ2) is 31.7. The maximum absolute atomic E-state index is 12.6. The summed E-state index contributed by atoms with van der Waals surface area (Å²) in [5, 5.41) is 0. The standard InChI is InChI=1S/C38H74NO8P/c1-6-8-10-12-14-16-18-20-22-24-26-28-30-37(40)44-34-36(35-46-48(42,43)45-33-32-39(3,4)5)47-38(41)31-29-27-25-23-21-19-17-15-13-11-9-7-2/h15,17,36H,6-14,16,18-35H2,1-5H3/p+1/b17-15+/t36-/m1/s1. The highest BCUT2D eigenvalue weighted by Crippen LogP contribution is 2.43. The minimum Gasteiger partial charge on any atom is -0.462 e. The number of esters is 2. The molecule has 48 heavy (non-hydrogen) atoms. The Morgan fingerprint density at radius 2 is 1.06 bits per heavy atom. The van der Waals surface area contributed by atoms with E-state index in [1.54, 1.807) is 0 Å². The van der Waals surface area contributed by atoms with Gasteiger partial charge in [0.1, 0.15) is 19.8 Å². The highest BCUT2D eigenvalue weighted by molar-refractivity contribution is 7.47. The van der Waals surface area contributed by atoms with Gasteiger partial charge in [-0.2, -0.15) is 0 Å². The fourth-order valence-electron chi connectivity index (χ4n) is 5.18. The molecule has 0 fully saturated rings. The fraction of sp³-hybridized carbons (Fsp3) is 0.895. The molecule has 10 heteroatoms. The van der Waals surface area contributed by atoms with E-state index in [2.05, 4.69) is 26.0 Å². The van der Waals surface area contributed by atoms with Crippen molar-refractivity contribution in [3.05, 3.63) is 12.2 Å². The first kappa shape index (κ1) is 46.8. The Labute approximate surface area is 295 Å². The van der Waals surface area contributed by atoms with Gasteiger partial charge in [0.05, 0.1) is 27.7 Å². The Hall–Kier alpha value is -1.25. The Morgan fingerprint density at radius 1 is 0.625 bits per heavy atom. The van der Waals surface area contributed by atoms with Crippen LogP contribution in [0.3, 0.4) is 0 Å². The molecule has 0 radical (unpaired) electrons. The summed E-state index contributed by atoms with van der Waals surface area (Å²) in [6.45, 7) is 4.38. The zero-order valence-electron chi connectivity index (χ0n) is 31.7. The van der Waals surface area contributed by atoms with Crippen LogP contribution in [0, 0.1) is 0 Å². The van der Waals surface area contributed by atoms with E-state index < -0.39 is 26.5 Å². The number of carbonyl (C=O) groups is 2. The molecule has 0 aliphatic carbocycles. The van der Waals surface area contributed by atoms with Crippen molar-refractivity contribution in [2.24, 2.45) is 0 Å². The lowest BCUT2D eigenvalue weighted by atomic mass is 10.0. The summed E-state index contributed by atoms with van der Waals surface area (Å²) >= 11 is 0. The number of phosphoric ester groups is 1. The van der Waals surface area contributed by atoms with Gasteiger partial charge in [0.25, 0.3) is 0 Å². The maximum atomic E-state index is 12.6. The fourth-order valence-corrected chi connectivity index (χ4v) is 5.93. The third-order valence-electron chi connectivity index (χ3n) is 8.30. The number of ether oxygens (including phenoxy) is 2. The topological polar surface area (TPSA) is 108 Å². The third kappa shape index (κ3) is 34.6. The second-order valence-electron chi connectivity index (χ2n) is 14.3. The Morgan fingerprint density at radius 3 is 1.58 bits per heavy atom. The molecule has 0 aliphatic heterocycles. The lowest BCUT2D eigenvalue weighted by Crippen LogP contribution is -2.37. The van der Waals surface area contributed by atoms with Crippen LogP contribution in [0.2, 0.25) is 0 Å². The summed E-state index contributed by atoms with van der Waals surface area (Å²) in [6.07, 6.45) is 29.7. The molecule has 0 aliphatic rings. The van der Waals surface area contributed by atoms with E-state index in [-0.39, 0.29) is 25.6 Å². The number of allylic oxidation sites excluding steroid dienone is 2. The van der Waals surface area contributed by atoms with Crippen molar-refractivity contribution in [2.45, 2.75) is 174 Å². The molecule has 9 nitrogen and oxygen atoms in total. The summed E-state index contributed by atoms with van der Waals surface area (Å²) in [5.74, 6) is -0.806. The first-order valence-electron chi connectivity index (χ1n) is 19.4. The van der Waals surface area contributed by atoms with Crippen molar-refractivity contribution >= 4 is 19.8 Å². The molecule has 0 rings (SSSR count). The first-order chi connectivity index (χ1) is 23.0. The summed E-state index contributed by atoms with van der Waals surface area (Å²) in [7, 11) is 1.48. The predicted molar refractivity (Wildman–Crippen MR) is 197 cm³/mol. The van der Waals surface area contributed by atoms with Crippen LogP contribution < -0.4 is 0 Å². The molecule has 0 heterocycles. The molecule has 0 aromatic carbocycles. The van der Waals surface area contributed by atoms with Crippen LogP contribution in [0.5, 0.6) is 0 Å². The van der Waals surface area contributed by atoms with Gasteiger partial charge in [0.2, 0.25) is 0 Å². The lowest BCUT2D eigenvalue weighted by Gasteiger charge is -2.24. The molecule has 0 saturated heterocycles. The van der Waals surface area contributed by atoms with E-state index in [0.29, 0.717) is 23.9 Å². The number of rotatable bonds is 35. The average Bonchev–Trinajstić information content (AvgIpc) is 3.02.